The van der Waals surface area contributed by atoms with Crippen molar-refractivity contribution in [3.8, 4) is 0 Å². The van der Waals surface area contributed by atoms with Crippen molar-refractivity contribution >= 4 is 15.9 Å². The first-order valence-electron chi connectivity index (χ1n) is 9.17. The van der Waals surface area contributed by atoms with Gasteiger partial charge in [-0.25, -0.2) is 17.2 Å². The van der Waals surface area contributed by atoms with E-state index in [9.17, 15) is 22.0 Å². The Hall–Kier alpha value is -2.32. The molecule has 4 rings (SSSR count). The molecule has 2 aromatic carbocycles. The van der Waals surface area contributed by atoms with Gasteiger partial charge in [-0.1, -0.05) is 18.2 Å². The molecule has 0 spiro atoms. The van der Waals surface area contributed by atoms with Crippen LogP contribution in [0.3, 0.4) is 0 Å². The average molecular weight is 406 g/mol. The molecule has 1 heterocycles. The van der Waals surface area contributed by atoms with Crippen LogP contribution in [-0.4, -0.2) is 49.7 Å². The van der Waals surface area contributed by atoms with E-state index in [-0.39, 0.29) is 41.5 Å². The van der Waals surface area contributed by atoms with Gasteiger partial charge < -0.3 is 4.90 Å². The number of sulfonamides is 1. The number of hydrogen-bond acceptors (Lipinski definition) is 3. The maximum atomic E-state index is 13.9. The Balaban J connectivity index is 1.37. The van der Waals surface area contributed by atoms with Gasteiger partial charge in [0.15, 0.2) is 0 Å². The number of piperazine rings is 1. The van der Waals surface area contributed by atoms with E-state index in [2.05, 4.69) is 0 Å². The number of amides is 1. The van der Waals surface area contributed by atoms with E-state index in [1.54, 1.807) is 23.1 Å². The summed E-state index contributed by atoms with van der Waals surface area (Å²) >= 11 is 0. The molecule has 28 heavy (non-hydrogen) atoms. The van der Waals surface area contributed by atoms with E-state index in [1.165, 1.54) is 22.5 Å². The summed E-state index contributed by atoms with van der Waals surface area (Å²) in [6.45, 7) is 0.949. The van der Waals surface area contributed by atoms with E-state index in [1.807, 2.05) is 0 Å². The first-order chi connectivity index (χ1) is 13.4. The van der Waals surface area contributed by atoms with Crippen LogP contribution >= 0.6 is 0 Å². The minimum absolute atomic E-state index is 0.0375. The quantitative estimate of drug-likeness (QED) is 0.784. The fourth-order valence-corrected chi connectivity index (χ4v) is 5.15. The lowest BCUT2D eigenvalue weighted by Crippen LogP contribution is -2.51. The Morgan fingerprint density at radius 3 is 2.21 bits per heavy atom. The largest absolute Gasteiger partial charge is 0.340 e. The van der Waals surface area contributed by atoms with E-state index in [0.717, 1.165) is 12.1 Å². The zero-order valence-corrected chi connectivity index (χ0v) is 15.9. The van der Waals surface area contributed by atoms with Gasteiger partial charge in [-0.2, -0.15) is 4.31 Å². The summed E-state index contributed by atoms with van der Waals surface area (Å²) in [6, 6.07) is 11.2. The van der Waals surface area contributed by atoms with Gasteiger partial charge >= 0.3 is 0 Å². The van der Waals surface area contributed by atoms with Crippen LogP contribution in [0, 0.1) is 17.6 Å². The van der Waals surface area contributed by atoms with Crippen molar-refractivity contribution in [2.45, 2.75) is 17.2 Å². The van der Waals surface area contributed by atoms with E-state index >= 15 is 0 Å². The smallest absolute Gasteiger partial charge is 0.243 e. The van der Waals surface area contributed by atoms with Crippen molar-refractivity contribution in [1.82, 2.24) is 9.21 Å². The summed E-state index contributed by atoms with van der Waals surface area (Å²) in [5.41, 5.74) is 0.568. The van der Waals surface area contributed by atoms with Crippen LogP contribution < -0.4 is 0 Å². The zero-order valence-electron chi connectivity index (χ0n) is 15.1. The molecule has 8 heteroatoms. The molecule has 0 radical (unpaired) electrons. The molecule has 0 aromatic heterocycles. The Kier molecular flexibility index (Phi) is 4.93. The van der Waals surface area contributed by atoms with Crippen LogP contribution in [0.1, 0.15) is 17.9 Å². The summed E-state index contributed by atoms with van der Waals surface area (Å²) < 4.78 is 53.6. The van der Waals surface area contributed by atoms with Gasteiger partial charge in [0.1, 0.15) is 11.6 Å². The van der Waals surface area contributed by atoms with E-state index in [0.29, 0.717) is 25.1 Å². The summed E-state index contributed by atoms with van der Waals surface area (Å²) in [5.74, 6) is -1.18. The van der Waals surface area contributed by atoms with Crippen LogP contribution in [0.5, 0.6) is 0 Å². The van der Waals surface area contributed by atoms with Crippen molar-refractivity contribution in [1.29, 1.82) is 0 Å². The van der Waals surface area contributed by atoms with Crippen LogP contribution in [0.15, 0.2) is 53.4 Å². The summed E-state index contributed by atoms with van der Waals surface area (Å²) in [7, 11) is -3.71. The molecule has 1 saturated carbocycles. The Morgan fingerprint density at radius 1 is 0.929 bits per heavy atom. The number of benzene rings is 2. The Labute approximate surface area is 162 Å². The predicted molar refractivity (Wildman–Crippen MR) is 99.0 cm³/mol. The van der Waals surface area contributed by atoms with Crippen molar-refractivity contribution in [2.24, 2.45) is 5.92 Å². The highest BCUT2D eigenvalue weighted by atomic mass is 32.2. The molecule has 1 aliphatic heterocycles. The van der Waals surface area contributed by atoms with Crippen molar-refractivity contribution in [3.63, 3.8) is 0 Å². The lowest BCUT2D eigenvalue weighted by Gasteiger charge is -2.34. The van der Waals surface area contributed by atoms with Crippen LogP contribution in [0.25, 0.3) is 0 Å². The molecule has 1 aliphatic carbocycles. The second-order valence-electron chi connectivity index (χ2n) is 7.15. The third-order valence-corrected chi connectivity index (χ3v) is 7.33. The molecule has 2 atom stereocenters. The van der Waals surface area contributed by atoms with Gasteiger partial charge in [-0.3, -0.25) is 4.79 Å². The molecule has 0 N–H and O–H groups in total. The monoisotopic (exact) mass is 406 g/mol. The first kappa shape index (κ1) is 19.0. The third kappa shape index (κ3) is 3.54. The highest BCUT2D eigenvalue weighted by Gasteiger charge is 2.47. The van der Waals surface area contributed by atoms with Gasteiger partial charge in [0.05, 0.1) is 4.90 Å². The van der Waals surface area contributed by atoms with Gasteiger partial charge in [0, 0.05) is 32.1 Å². The molecular weight excluding hydrogens is 386 g/mol. The molecule has 5 nitrogen and oxygen atoms in total. The Bertz CT molecular complexity index is 987. The second-order valence-corrected chi connectivity index (χ2v) is 9.09. The molecule has 0 bridgehead atoms. The lowest BCUT2D eigenvalue weighted by molar-refractivity contribution is -0.133. The maximum Gasteiger partial charge on any atom is 0.243 e. The number of halogens is 2. The number of rotatable bonds is 4. The molecule has 2 aliphatic rings. The van der Waals surface area contributed by atoms with Crippen LogP contribution in [0.2, 0.25) is 0 Å². The van der Waals surface area contributed by atoms with Crippen molar-refractivity contribution < 1.29 is 22.0 Å². The third-order valence-electron chi connectivity index (χ3n) is 5.41. The number of carbonyl (C=O) groups is 1. The molecular formula is C20H20F2N2O3S. The molecule has 2 fully saturated rings. The van der Waals surface area contributed by atoms with E-state index < -0.39 is 15.8 Å². The molecule has 2 aromatic rings. The number of nitrogens with zero attached hydrogens (tertiary/aromatic N) is 2. The lowest BCUT2D eigenvalue weighted by atomic mass is 10.1. The van der Waals surface area contributed by atoms with Crippen molar-refractivity contribution in [2.75, 3.05) is 26.2 Å². The minimum Gasteiger partial charge on any atom is -0.340 e. The number of carbonyl (C=O) groups excluding carboxylic acids is 1. The fraction of sp³-hybridized carbons (Fsp3) is 0.350. The summed E-state index contributed by atoms with van der Waals surface area (Å²) in [4.78, 5) is 14.4. The first-order valence-corrected chi connectivity index (χ1v) is 10.6. The average Bonchev–Trinajstić information content (AvgIpc) is 3.49. The fourth-order valence-electron chi connectivity index (χ4n) is 3.73. The molecule has 148 valence electrons. The molecule has 2 unspecified atom stereocenters. The molecule has 1 amide bonds. The van der Waals surface area contributed by atoms with E-state index in [4.69, 9.17) is 0 Å². The number of hydrogen-bond donors (Lipinski definition) is 0. The second kappa shape index (κ2) is 7.25. The maximum absolute atomic E-state index is 13.9. The van der Waals surface area contributed by atoms with Gasteiger partial charge in [-0.05, 0) is 48.2 Å². The summed E-state index contributed by atoms with van der Waals surface area (Å²) in [6.07, 6.45) is 0.619. The van der Waals surface area contributed by atoms with Crippen LogP contribution in [-0.2, 0) is 14.8 Å². The zero-order chi connectivity index (χ0) is 19.9. The van der Waals surface area contributed by atoms with Gasteiger partial charge in [-0.15, -0.1) is 0 Å². The predicted octanol–water partition coefficient (Wildman–Crippen LogP) is 2.60. The topological polar surface area (TPSA) is 57.7 Å². The van der Waals surface area contributed by atoms with Crippen molar-refractivity contribution in [3.05, 3.63) is 65.7 Å². The highest BCUT2D eigenvalue weighted by Crippen LogP contribution is 2.49. The SMILES string of the molecule is O=C(C1CC1c1ccccc1F)N1CCN(S(=O)(=O)c2ccc(F)cc2)CC1. The minimum atomic E-state index is -3.71. The summed E-state index contributed by atoms with van der Waals surface area (Å²) in [5, 5.41) is 0. The van der Waals surface area contributed by atoms with Crippen LogP contribution in [0.4, 0.5) is 8.78 Å². The Morgan fingerprint density at radius 2 is 1.57 bits per heavy atom. The normalized spacial score (nSPS) is 22.9. The molecule has 1 saturated heterocycles. The van der Waals surface area contributed by atoms with Gasteiger partial charge in [0.2, 0.25) is 15.9 Å². The highest BCUT2D eigenvalue weighted by molar-refractivity contribution is 7.89. The standard InChI is InChI=1S/C20H20F2N2O3S/c21-14-5-7-15(8-6-14)28(26,27)24-11-9-23(10-12-24)20(25)18-13-17(18)16-3-1-2-4-19(16)22/h1-8,17-18H,9-13H2. The van der Waals surface area contributed by atoms with Gasteiger partial charge in [0.25, 0.3) is 0 Å².